The SMILES string of the molecule is C1COCCN1.c1ccsc1. The van der Waals surface area contributed by atoms with Crippen molar-refractivity contribution in [2.45, 2.75) is 0 Å². The van der Waals surface area contributed by atoms with Crippen molar-refractivity contribution in [1.29, 1.82) is 0 Å². The topological polar surface area (TPSA) is 21.3 Å². The number of thiophene rings is 1. The Morgan fingerprint density at radius 1 is 1.09 bits per heavy atom. The van der Waals surface area contributed by atoms with Crippen molar-refractivity contribution in [1.82, 2.24) is 5.32 Å². The van der Waals surface area contributed by atoms with Gasteiger partial charge in [-0.3, -0.25) is 0 Å². The van der Waals surface area contributed by atoms with Crippen LogP contribution in [0.25, 0.3) is 0 Å². The first-order valence-corrected chi connectivity index (χ1v) is 4.70. The molecule has 1 aliphatic heterocycles. The zero-order valence-corrected chi connectivity index (χ0v) is 7.27. The van der Waals surface area contributed by atoms with Gasteiger partial charge in [0.15, 0.2) is 0 Å². The highest BCUT2D eigenvalue weighted by molar-refractivity contribution is 7.07. The fourth-order valence-corrected chi connectivity index (χ4v) is 1.20. The molecule has 1 N–H and O–H groups in total. The zero-order chi connectivity index (χ0) is 7.78. The van der Waals surface area contributed by atoms with Gasteiger partial charge in [-0.1, -0.05) is 12.1 Å². The van der Waals surface area contributed by atoms with Gasteiger partial charge in [0.1, 0.15) is 0 Å². The van der Waals surface area contributed by atoms with Crippen LogP contribution < -0.4 is 5.32 Å². The Labute approximate surface area is 71.2 Å². The van der Waals surface area contributed by atoms with Crippen LogP contribution in [0.3, 0.4) is 0 Å². The van der Waals surface area contributed by atoms with Crippen molar-refractivity contribution in [3.05, 3.63) is 22.9 Å². The maximum absolute atomic E-state index is 5.01. The normalized spacial score (nSPS) is 16.7. The van der Waals surface area contributed by atoms with Crippen molar-refractivity contribution in [3.63, 3.8) is 0 Å². The minimum atomic E-state index is 0.889. The summed E-state index contributed by atoms with van der Waals surface area (Å²) in [4.78, 5) is 0. The fraction of sp³-hybridized carbons (Fsp3) is 0.500. The molecule has 0 saturated carbocycles. The van der Waals surface area contributed by atoms with Crippen LogP contribution in [0, 0.1) is 0 Å². The highest BCUT2D eigenvalue weighted by Crippen LogP contribution is 1.91. The smallest absolute Gasteiger partial charge is 0.0591 e. The molecular formula is C8H13NOS. The van der Waals surface area contributed by atoms with E-state index in [0.717, 1.165) is 26.3 Å². The van der Waals surface area contributed by atoms with Gasteiger partial charge in [0.05, 0.1) is 13.2 Å². The number of ether oxygens (including phenoxy) is 1. The van der Waals surface area contributed by atoms with Gasteiger partial charge in [-0.15, -0.1) is 0 Å². The number of morpholine rings is 1. The molecule has 2 rings (SSSR count). The van der Waals surface area contributed by atoms with Crippen molar-refractivity contribution in [2.75, 3.05) is 26.3 Å². The molecule has 0 atom stereocenters. The lowest BCUT2D eigenvalue weighted by Crippen LogP contribution is -2.30. The first-order chi connectivity index (χ1) is 5.50. The van der Waals surface area contributed by atoms with E-state index in [-0.39, 0.29) is 0 Å². The molecule has 0 aromatic carbocycles. The maximum Gasteiger partial charge on any atom is 0.0591 e. The lowest BCUT2D eigenvalue weighted by molar-refractivity contribution is 0.109. The largest absolute Gasteiger partial charge is 0.379 e. The molecule has 0 unspecified atom stereocenters. The number of hydrogen-bond donors (Lipinski definition) is 1. The first-order valence-electron chi connectivity index (χ1n) is 3.76. The van der Waals surface area contributed by atoms with Crippen molar-refractivity contribution in [2.24, 2.45) is 0 Å². The molecule has 1 fully saturated rings. The molecule has 1 aromatic heterocycles. The number of hydrogen-bond acceptors (Lipinski definition) is 3. The summed E-state index contributed by atoms with van der Waals surface area (Å²) in [5.74, 6) is 0. The van der Waals surface area contributed by atoms with Gasteiger partial charge in [0.2, 0.25) is 0 Å². The minimum Gasteiger partial charge on any atom is -0.379 e. The van der Waals surface area contributed by atoms with E-state index in [4.69, 9.17) is 4.74 Å². The Bertz CT molecular complexity index is 120. The van der Waals surface area contributed by atoms with E-state index in [1.807, 2.05) is 22.9 Å². The van der Waals surface area contributed by atoms with E-state index in [9.17, 15) is 0 Å². The average Bonchev–Trinajstić information content (AvgIpc) is 2.64. The molecule has 1 aromatic rings. The van der Waals surface area contributed by atoms with Crippen LogP contribution in [0.4, 0.5) is 0 Å². The Balaban J connectivity index is 0.000000112. The molecular weight excluding hydrogens is 158 g/mol. The predicted molar refractivity (Wildman–Crippen MR) is 48.0 cm³/mol. The zero-order valence-electron chi connectivity index (χ0n) is 6.45. The van der Waals surface area contributed by atoms with Crippen LogP contribution in [0.2, 0.25) is 0 Å². The van der Waals surface area contributed by atoms with E-state index >= 15 is 0 Å². The van der Waals surface area contributed by atoms with Gasteiger partial charge in [-0.05, 0) is 10.8 Å². The predicted octanol–water partition coefficient (Wildman–Crippen LogP) is 1.35. The Morgan fingerprint density at radius 2 is 1.73 bits per heavy atom. The molecule has 3 heteroatoms. The van der Waals surface area contributed by atoms with Crippen molar-refractivity contribution < 1.29 is 4.74 Å². The van der Waals surface area contributed by atoms with E-state index in [2.05, 4.69) is 5.32 Å². The van der Waals surface area contributed by atoms with Crippen LogP contribution in [-0.4, -0.2) is 26.3 Å². The second-order valence-electron chi connectivity index (χ2n) is 2.16. The third-order valence-electron chi connectivity index (χ3n) is 1.27. The lowest BCUT2D eigenvalue weighted by atomic mass is 10.5. The van der Waals surface area contributed by atoms with Crippen LogP contribution in [0.1, 0.15) is 0 Å². The molecule has 2 nitrogen and oxygen atoms in total. The highest BCUT2D eigenvalue weighted by atomic mass is 32.1. The number of nitrogens with one attached hydrogen (secondary N) is 1. The van der Waals surface area contributed by atoms with E-state index in [1.165, 1.54) is 0 Å². The van der Waals surface area contributed by atoms with Crippen LogP contribution in [-0.2, 0) is 4.74 Å². The lowest BCUT2D eigenvalue weighted by Gasteiger charge is -2.10. The standard InChI is InChI=1S/C4H9NO.C4H4S/c1-3-6-4-2-5-1;1-2-4-5-3-1/h5H,1-4H2;1-4H. The summed E-state index contributed by atoms with van der Waals surface area (Å²) in [6.07, 6.45) is 0. The summed E-state index contributed by atoms with van der Waals surface area (Å²) < 4.78 is 5.01. The number of rotatable bonds is 0. The summed E-state index contributed by atoms with van der Waals surface area (Å²) in [6.45, 7) is 3.83. The fourth-order valence-electron chi connectivity index (χ4n) is 0.743. The molecule has 2 heterocycles. The van der Waals surface area contributed by atoms with Gasteiger partial charge < -0.3 is 10.1 Å². The van der Waals surface area contributed by atoms with Crippen LogP contribution in [0.15, 0.2) is 22.9 Å². The van der Waals surface area contributed by atoms with Gasteiger partial charge in [0.25, 0.3) is 0 Å². The first kappa shape index (κ1) is 8.71. The summed E-state index contributed by atoms with van der Waals surface area (Å²) in [7, 11) is 0. The van der Waals surface area contributed by atoms with Crippen molar-refractivity contribution in [3.8, 4) is 0 Å². The molecule has 11 heavy (non-hydrogen) atoms. The van der Waals surface area contributed by atoms with E-state index in [1.54, 1.807) is 11.3 Å². The Hall–Kier alpha value is -0.380. The Morgan fingerprint density at radius 3 is 1.91 bits per heavy atom. The second-order valence-corrected chi connectivity index (χ2v) is 2.97. The quantitative estimate of drug-likeness (QED) is 0.636. The molecule has 0 radical (unpaired) electrons. The van der Waals surface area contributed by atoms with Gasteiger partial charge in [-0.25, -0.2) is 0 Å². The highest BCUT2D eigenvalue weighted by Gasteiger charge is 1.92. The van der Waals surface area contributed by atoms with Crippen LogP contribution >= 0.6 is 11.3 Å². The summed E-state index contributed by atoms with van der Waals surface area (Å²) in [5, 5.41) is 7.24. The van der Waals surface area contributed by atoms with Gasteiger partial charge in [-0.2, -0.15) is 11.3 Å². The molecule has 0 amide bonds. The monoisotopic (exact) mass is 171 g/mol. The average molecular weight is 171 g/mol. The van der Waals surface area contributed by atoms with Gasteiger partial charge in [0, 0.05) is 13.1 Å². The maximum atomic E-state index is 5.01. The molecule has 0 bridgehead atoms. The molecule has 0 aliphatic carbocycles. The molecule has 0 spiro atoms. The third-order valence-corrected chi connectivity index (χ3v) is 1.90. The van der Waals surface area contributed by atoms with Crippen molar-refractivity contribution >= 4 is 11.3 Å². The second kappa shape index (κ2) is 6.34. The molecule has 1 aliphatic rings. The summed E-state index contributed by atoms with van der Waals surface area (Å²) in [6, 6.07) is 4.04. The Kier molecular flexibility index (Phi) is 5.02. The summed E-state index contributed by atoms with van der Waals surface area (Å²) in [5.41, 5.74) is 0. The van der Waals surface area contributed by atoms with Crippen LogP contribution in [0.5, 0.6) is 0 Å². The van der Waals surface area contributed by atoms with Gasteiger partial charge >= 0.3 is 0 Å². The minimum absolute atomic E-state index is 0.889. The van der Waals surface area contributed by atoms with E-state index in [0.29, 0.717) is 0 Å². The van der Waals surface area contributed by atoms with E-state index < -0.39 is 0 Å². The third kappa shape index (κ3) is 4.95. The summed E-state index contributed by atoms with van der Waals surface area (Å²) >= 11 is 1.71. The molecule has 1 saturated heterocycles. The molecule has 62 valence electrons.